The van der Waals surface area contributed by atoms with Gasteiger partial charge >= 0.3 is 5.97 Å². The molecule has 4 heteroatoms. The molecule has 94 valence electrons. The van der Waals surface area contributed by atoms with E-state index in [-0.39, 0.29) is 6.42 Å². The van der Waals surface area contributed by atoms with E-state index in [1.54, 1.807) is 0 Å². The van der Waals surface area contributed by atoms with Gasteiger partial charge in [-0.15, -0.1) is 0 Å². The van der Waals surface area contributed by atoms with Crippen LogP contribution >= 0.6 is 0 Å². The minimum atomic E-state index is -0.910. The van der Waals surface area contributed by atoms with E-state index in [2.05, 4.69) is 6.92 Å². The van der Waals surface area contributed by atoms with Crippen molar-refractivity contribution in [3.63, 3.8) is 0 Å². The summed E-state index contributed by atoms with van der Waals surface area (Å²) in [5.41, 5.74) is 5.00. The van der Waals surface area contributed by atoms with Crippen molar-refractivity contribution in [3.05, 3.63) is 0 Å². The summed E-state index contributed by atoms with van der Waals surface area (Å²) in [5.74, 6) is -2.03. The smallest absolute Gasteiger partial charge is 0.307 e. The fraction of sp³-hybridized carbons (Fsp3) is 0.833. The Hall–Kier alpha value is -1.06. The Morgan fingerprint density at radius 2 is 1.69 bits per heavy atom. The lowest BCUT2D eigenvalue weighted by Crippen LogP contribution is -2.22. The molecule has 4 nitrogen and oxygen atoms in total. The first-order chi connectivity index (χ1) is 7.57. The zero-order valence-corrected chi connectivity index (χ0v) is 10.1. The summed E-state index contributed by atoms with van der Waals surface area (Å²) in [6.45, 7) is 2.16. The second-order valence-electron chi connectivity index (χ2n) is 4.26. The number of rotatable bonds is 10. The lowest BCUT2D eigenvalue weighted by molar-refractivity contribution is -0.144. The topological polar surface area (TPSA) is 80.4 Å². The predicted octanol–water partition coefficient (Wildman–Crippen LogP) is 2.31. The van der Waals surface area contributed by atoms with Gasteiger partial charge in [-0.2, -0.15) is 0 Å². The van der Waals surface area contributed by atoms with Gasteiger partial charge in [-0.1, -0.05) is 45.4 Å². The third-order valence-corrected chi connectivity index (χ3v) is 2.70. The molecule has 0 bridgehead atoms. The van der Waals surface area contributed by atoms with Crippen LogP contribution < -0.4 is 5.73 Å². The summed E-state index contributed by atoms with van der Waals surface area (Å²) in [6, 6.07) is 0. The first kappa shape index (κ1) is 14.9. The second-order valence-corrected chi connectivity index (χ2v) is 4.26. The Balaban J connectivity index is 3.60. The van der Waals surface area contributed by atoms with Gasteiger partial charge in [0.25, 0.3) is 0 Å². The van der Waals surface area contributed by atoms with Crippen molar-refractivity contribution >= 4 is 11.9 Å². The molecule has 1 amide bonds. The molecule has 0 aliphatic carbocycles. The van der Waals surface area contributed by atoms with Gasteiger partial charge in [-0.25, -0.2) is 0 Å². The van der Waals surface area contributed by atoms with Crippen LogP contribution in [0.5, 0.6) is 0 Å². The number of unbranched alkanes of at least 4 members (excludes halogenated alkanes) is 5. The van der Waals surface area contributed by atoms with Crippen molar-refractivity contribution in [2.24, 2.45) is 11.7 Å². The molecule has 0 saturated heterocycles. The molecule has 1 unspecified atom stereocenters. The zero-order chi connectivity index (χ0) is 12.4. The van der Waals surface area contributed by atoms with Crippen molar-refractivity contribution in [2.75, 3.05) is 0 Å². The molecule has 3 N–H and O–H groups in total. The molecular weight excluding hydrogens is 206 g/mol. The quantitative estimate of drug-likeness (QED) is 0.564. The number of hydrogen-bond acceptors (Lipinski definition) is 2. The third-order valence-electron chi connectivity index (χ3n) is 2.70. The number of nitrogens with two attached hydrogens (primary N) is 1. The lowest BCUT2D eigenvalue weighted by Gasteiger charge is -2.09. The number of aliphatic carboxylic acids is 1. The molecule has 1 atom stereocenters. The fourth-order valence-corrected chi connectivity index (χ4v) is 1.73. The van der Waals surface area contributed by atoms with E-state index < -0.39 is 17.8 Å². The molecule has 0 aromatic carbocycles. The monoisotopic (exact) mass is 229 g/mol. The van der Waals surface area contributed by atoms with Crippen LogP contribution in [0.1, 0.15) is 58.3 Å². The molecule has 0 heterocycles. The summed E-state index contributed by atoms with van der Waals surface area (Å²) in [5, 5.41) is 8.86. The van der Waals surface area contributed by atoms with Crippen LogP contribution in [0, 0.1) is 5.92 Å². The lowest BCUT2D eigenvalue weighted by atomic mass is 9.97. The molecule has 0 radical (unpaired) electrons. The highest BCUT2D eigenvalue weighted by atomic mass is 16.4. The van der Waals surface area contributed by atoms with Crippen LogP contribution in [-0.4, -0.2) is 17.0 Å². The van der Waals surface area contributed by atoms with Gasteiger partial charge in [0, 0.05) is 6.42 Å². The Labute approximate surface area is 97.2 Å². The van der Waals surface area contributed by atoms with Crippen molar-refractivity contribution in [3.8, 4) is 0 Å². The number of amides is 1. The van der Waals surface area contributed by atoms with Gasteiger partial charge in [-0.05, 0) is 6.42 Å². The van der Waals surface area contributed by atoms with Gasteiger partial charge in [0.05, 0.1) is 5.92 Å². The Bertz CT molecular complexity index is 216. The minimum absolute atomic E-state index is 0.0374. The highest BCUT2D eigenvalue weighted by Crippen LogP contribution is 2.15. The van der Waals surface area contributed by atoms with Gasteiger partial charge in [-0.3, -0.25) is 9.59 Å². The van der Waals surface area contributed by atoms with E-state index in [1.807, 2.05) is 0 Å². The van der Waals surface area contributed by atoms with Crippen molar-refractivity contribution in [1.82, 2.24) is 0 Å². The highest BCUT2D eigenvalue weighted by molar-refractivity contribution is 5.80. The molecule has 0 rings (SSSR count). The predicted molar refractivity (Wildman–Crippen MR) is 62.9 cm³/mol. The number of carboxylic acids is 1. The molecule has 0 aromatic heterocycles. The number of carbonyl (C=O) groups excluding carboxylic acids is 1. The third kappa shape index (κ3) is 8.26. The number of primary amides is 1. The minimum Gasteiger partial charge on any atom is -0.481 e. The molecule has 16 heavy (non-hydrogen) atoms. The Morgan fingerprint density at radius 1 is 1.12 bits per heavy atom. The second kappa shape index (κ2) is 9.19. The van der Waals surface area contributed by atoms with Gasteiger partial charge in [0.15, 0.2) is 0 Å². The van der Waals surface area contributed by atoms with Crippen LogP contribution in [0.4, 0.5) is 0 Å². The van der Waals surface area contributed by atoms with E-state index in [0.29, 0.717) is 6.42 Å². The summed E-state index contributed by atoms with van der Waals surface area (Å²) in [4.78, 5) is 21.4. The Morgan fingerprint density at radius 3 is 2.19 bits per heavy atom. The number of carboxylic acid groups (broad SMARTS) is 1. The average Bonchev–Trinajstić information content (AvgIpc) is 2.20. The summed E-state index contributed by atoms with van der Waals surface area (Å²) in [6.07, 6.45) is 7.25. The molecule has 0 spiro atoms. The SMILES string of the molecule is CCCCCCCCC(CC(N)=O)C(=O)O. The van der Waals surface area contributed by atoms with Crippen LogP contribution in [0.15, 0.2) is 0 Å². The van der Waals surface area contributed by atoms with Crippen LogP contribution in [0.25, 0.3) is 0 Å². The van der Waals surface area contributed by atoms with Crippen molar-refractivity contribution < 1.29 is 14.7 Å². The number of hydrogen-bond donors (Lipinski definition) is 2. The van der Waals surface area contributed by atoms with Gasteiger partial charge in [0.2, 0.25) is 5.91 Å². The first-order valence-electron chi connectivity index (χ1n) is 6.09. The van der Waals surface area contributed by atoms with Gasteiger partial charge < -0.3 is 10.8 Å². The van der Waals surface area contributed by atoms with Crippen molar-refractivity contribution in [2.45, 2.75) is 58.3 Å². The summed E-state index contributed by atoms with van der Waals surface area (Å²) in [7, 11) is 0. The molecule has 0 aliphatic rings. The molecule has 0 aromatic rings. The zero-order valence-electron chi connectivity index (χ0n) is 10.1. The molecular formula is C12H23NO3. The molecule has 0 aliphatic heterocycles. The highest BCUT2D eigenvalue weighted by Gasteiger charge is 2.18. The van der Waals surface area contributed by atoms with Crippen LogP contribution in [0.3, 0.4) is 0 Å². The largest absolute Gasteiger partial charge is 0.481 e. The summed E-state index contributed by atoms with van der Waals surface area (Å²) >= 11 is 0. The first-order valence-corrected chi connectivity index (χ1v) is 6.09. The van der Waals surface area contributed by atoms with E-state index in [1.165, 1.54) is 19.3 Å². The molecule has 0 saturated carbocycles. The maximum absolute atomic E-state index is 10.8. The Kier molecular flexibility index (Phi) is 8.58. The van der Waals surface area contributed by atoms with E-state index in [4.69, 9.17) is 10.8 Å². The summed E-state index contributed by atoms with van der Waals surface area (Å²) < 4.78 is 0. The van der Waals surface area contributed by atoms with E-state index in [9.17, 15) is 9.59 Å². The fourth-order valence-electron chi connectivity index (χ4n) is 1.73. The van der Waals surface area contributed by atoms with E-state index >= 15 is 0 Å². The van der Waals surface area contributed by atoms with Gasteiger partial charge in [0.1, 0.15) is 0 Å². The standard InChI is InChI=1S/C12H23NO3/c1-2-3-4-5-6-7-8-10(12(15)16)9-11(13)14/h10H,2-9H2,1H3,(H2,13,14)(H,15,16). The maximum atomic E-state index is 10.8. The van der Waals surface area contributed by atoms with Crippen molar-refractivity contribution in [1.29, 1.82) is 0 Å². The average molecular weight is 229 g/mol. The molecule has 0 fully saturated rings. The van der Waals surface area contributed by atoms with Crippen LogP contribution in [-0.2, 0) is 9.59 Å². The normalized spacial score (nSPS) is 12.3. The number of carbonyl (C=O) groups is 2. The maximum Gasteiger partial charge on any atom is 0.307 e. The van der Waals surface area contributed by atoms with Crippen LogP contribution in [0.2, 0.25) is 0 Å². The van der Waals surface area contributed by atoms with E-state index in [0.717, 1.165) is 19.3 Å².